The van der Waals surface area contributed by atoms with Crippen LogP contribution in [0.4, 0.5) is 0 Å². The average Bonchev–Trinajstić information content (AvgIpc) is 2.60. The SMILES string of the molecule is C=CC(=O)Oc1ccc(/C=C/c2ccc(OC)c(OC)c2)cc1. The lowest BCUT2D eigenvalue weighted by molar-refractivity contribution is -0.128. The largest absolute Gasteiger partial charge is 0.493 e. The minimum Gasteiger partial charge on any atom is -0.493 e. The number of methoxy groups -OCH3 is 2. The predicted molar refractivity (Wildman–Crippen MR) is 90.7 cm³/mol. The Balaban J connectivity index is 2.11. The molecule has 0 heterocycles. The van der Waals surface area contributed by atoms with Crippen molar-refractivity contribution < 1.29 is 19.0 Å². The van der Waals surface area contributed by atoms with E-state index in [1.807, 2.05) is 42.5 Å². The first kappa shape index (κ1) is 16.4. The molecule has 0 bridgehead atoms. The van der Waals surface area contributed by atoms with Gasteiger partial charge in [-0.25, -0.2) is 4.79 Å². The molecule has 0 aliphatic carbocycles. The van der Waals surface area contributed by atoms with E-state index in [0.29, 0.717) is 17.2 Å². The Labute approximate surface area is 135 Å². The highest BCUT2D eigenvalue weighted by Crippen LogP contribution is 2.28. The molecule has 0 saturated heterocycles. The summed E-state index contributed by atoms with van der Waals surface area (Å²) in [4.78, 5) is 11.1. The lowest BCUT2D eigenvalue weighted by Gasteiger charge is -2.07. The van der Waals surface area contributed by atoms with Crippen LogP contribution in [0.15, 0.2) is 55.1 Å². The zero-order chi connectivity index (χ0) is 16.7. The van der Waals surface area contributed by atoms with Crippen LogP contribution in [0.3, 0.4) is 0 Å². The standard InChI is InChI=1S/C19H18O4/c1-4-19(20)23-16-10-7-14(8-11-16)5-6-15-9-12-17(21-2)18(13-15)22-3/h4-13H,1H2,2-3H3/b6-5+. The van der Waals surface area contributed by atoms with E-state index in [2.05, 4.69) is 6.58 Å². The number of carbonyl (C=O) groups is 1. The normalized spacial score (nSPS) is 10.3. The molecule has 4 heteroatoms. The van der Waals surface area contributed by atoms with Gasteiger partial charge in [0, 0.05) is 6.08 Å². The molecule has 0 aliphatic heterocycles. The predicted octanol–water partition coefficient (Wildman–Crippen LogP) is 3.97. The van der Waals surface area contributed by atoms with Crippen molar-refractivity contribution in [1.29, 1.82) is 0 Å². The molecule has 0 spiro atoms. The van der Waals surface area contributed by atoms with Crippen molar-refractivity contribution in [2.24, 2.45) is 0 Å². The van der Waals surface area contributed by atoms with Gasteiger partial charge in [0.05, 0.1) is 14.2 Å². The van der Waals surface area contributed by atoms with Crippen molar-refractivity contribution in [3.05, 3.63) is 66.2 Å². The molecular weight excluding hydrogens is 292 g/mol. The Hall–Kier alpha value is -3.01. The van der Waals surface area contributed by atoms with Crippen molar-refractivity contribution in [3.8, 4) is 17.2 Å². The minimum atomic E-state index is -0.474. The van der Waals surface area contributed by atoms with Crippen LogP contribution >= 0.6 is 0 Å². The van der Waals surface area contributed by atoms with Gasteiger partial charge in [0.2, 0.25) is 0 Å². The molecule has 2 rings (SSSR count). The number of hydrogen-bond donors (Lipinski definition) is 0. The number of esters is 1. The minimum absolute atomic E-state index is 0.474. The van der Waals surface area contributed by atoms with Crippen LogP contribution in [0.2, 0.25) is 0 Å². The Morgan fingerprint density at radius 3 is 2.13 bits per heavy atom. The maximum absolute atomic E-state index is 11.1. The summed E-state index contributed by atoms with van der Waals surface area (Å²) in [5.74, 6) is 1.39. The lowest BCUT2D eigenvalue weighted by Crippen LogP contribution is -2.02. The average molecular weight is 310 g/mol. The second kappa shape index (κ2) is 7.84. The van der Waals surface area contributed by atoms with Gasteiger partial charge in [0.15, 0.2) is 11.5 Å². The molecule has 4 nitrogen and oxygen atoms in total. The molecule has 0 atom stereocenters. The molecule has 23 heavy (non-hydrogen) atoms. The molecule has 0 radical (unpaired) electrons. The summed E-state index contributed by atoms with van der Waals surface area (Å²) < 4.78 is 15.5. The second-order valence-electron chi connectivity index (χ2n) is 4.64. The van der Waals surface area contributed by atoms with Gasteiger partial charge in [-0.05, 0) is 35.4 Å². The zero-order valence-electron chi connectivity index (χ0n) is 13.1. The number of benzene rings is 2. The van der Waals surface area contributed by atoms with E-state index >= 15 is 0 Å². The van der Waals surface area contributed by atoms with Crippen molar-refractivity contribution in [2.75, 3.05) is 14.2 Å². The van der Waals surface area contributed by atoms with E-state index in [4.69, 9.17) is 14.2 Å². The first-order chi connectivity index (χ1) is 11.2. The van der Waals surface area contributed by atoms with Gasteiger partial charge >= 0.3 is 5.97 Å². The Bertz CT molecular complexity index is 715. The smallest absolute Gasteiger partial charge is 0.335 e. The van der Waals surface area contributed by atoms with Crippen molar-refractivity contribution in [2.45, 2.75) is 0 Å². The summed E-state index contributed by atoms with van der Waals surface area (Å²) in [6, 6.07) is 12.9. The molecule has 0 fully saturated rings. The van der Waals surface area contributed by atoms with Gasteiger partial charge < -0.3 is 14.2 Å². The summed E-state index contributed by atoms with van der Waals surface area (Å²) in [5.41, 5.74) is 1.97. The van der Waals surface area contributed by atoms with Gasteiger partial charge in [-0.3, -0.25) is 0 Å². The van der Waals surface area contributed by atoms with Crippen molar-refractivity contribution in [3.63, 3.8) is 0 Å². The fourth-order valence-corrected chi connectivity index (χ4v) is 1.95. The molecular formula is C19H18O4. The highest BCUT2D eigenvalue weighted by Gasteiger charge is 2.03. The van der Waals surface area contributed by atoms with Gasteiger partial charge in [-0.1, -0.05) is 36.9 Å². The third-order valence-electron chi connectivity index (χ3n) is 3.14. The van der Waals surface area contributed by atoms with Crippen LogP contribution < -0.4 is 14.2 Å². The summed E-state index contributed by atoms with van der Waals surface area (Å²) in [7, 11) is 3.21. The van der Waals surface area contributed by atoms with Crippen LogP contribution in [0.25, 0.3) is 12.2 Å². The van der Waals surface area contributed by atoms with Crippen LogP contribution in [-0.2, 0) is 4.79 Å². The quantitative estimate of drug-likeness (QED) is 0.350. The zero-order valence-corrected chi connectivity index (χ0v) is 13.1. The first-order valence-electron chi connectivity index (χ1n) is 7.00. The van der Waals surface area contributed by atoms with Gasteiger partial charge in [-0.15, -0.1) is 0 Å². The Morgan fingerprint density at radius 1 is 0.913 bits per heavy atom. The topological polar surface area (TPSA) is 44.8 Å². The molecule has 0 N–H and O–H groups in total. The van der Waals surface area contributed by atoms with E-state index in [-0.39, 0.29) is 0 Å². The number of hydrogen-bond acceptors (Lipinski definition) is 4. The Morgan fingerprint density at radius 2 is 1.52 bits per heavy atom. The monoisotopic (exact) mass is 310 g/mol. The van der Waals surface area contributed by atoms with E-state index in [1.54, 1.807) is 26.4 Å². The number of carbonyl (C=O) groups excluding carboxylic acids is 1. The highest BCUT2D eigenvalue weighted by molar-refractivity contribution is 5.83. The maximum Gasteiger partial charge on any atom is 0.335 e. The van der Waals surface area contributed by atoms with Gasteiger partial charge in [0.1, 0.15) is 5.75 Å². The fourth-order valence-electron chi connectivity index (χ4n) is 1.95. The van der Waals surface area contributed by atoms with Gasteiger partial charge in [-0.2, -0.15) is 0 Å². The lowest BCUT2D eigenvalue weighted by atomic mass is 10.1. The third-order valence-corrected chi connectivity index (χ3v) is 3.14. The summed E-state index contributed by atoms with van der Waals surface area (Å²) in [6.07, 6.45) is 5.05. The van der Waals surface area contributed by atoms with Crippen LogP contribution in [0.1, 0.15) is 11.1 Å². The summed E-state index contributed by atoms with van der Waals surface area (Å²) >= 11 is 0. The third kappa shape index (κ3) is 4.48. The molecule has 2 aromatic carbocycles. The second-order valence-corrected chi connectivity index (χ2v) is 4.64. The molecule has 2 aromatic rings. The molecule has 0 unspecified atom stereocenters. The van der Waals surface area contributed by atoms with E-state index < -0.39 is 5.97 Å². The highest BCUT2D eigenvalue weighted by atomic mass is 16.5. The Kier molecular flexibility index (Phi) is 5.58. The molecule has 0 aromatic heterocycles. The fraction of sp³-hybridized carbons (Fsp3) is 0.105. The van der Waals surface area contributed by atoms with E-state index in [1.165, 1.54) is 0 Å². The molecule has 0 aliphatic rings. The van der Waals surface area contributed by atoms with Gasteiger partial charge in [0.25, 0.3) is 0 Å². The summed E-state index contributed by atoms with van der Waals surface area (Å²) in [6.45, 7) is 3.36. The first-order valence-corrected chi connectivity index (χ1v) is 7.00. The number of ether oxygens (including phenoxy) is 3. The van der Waals surface area contributed by atoms with Crippen molar-refractivity contribution >= 4 is 18.1 Å². The number of rotatable bonds is 6. The van der Waals surface area contributed by atoms with Crippen LogP contribution in [0.5, 0.6) is 17.2 Å². The van der Waals surface area contributed by atoms with Crippen LogP contribution in [-0.4, -0.2) is 20.2 Å². The van der Waals surface area contributed by atoms with Crippen LogP contribution in [0, 0.1) is 0 Å². The van der Waals surface area contributed by atoms with E-state index in [9.17, 15) is 4.79 Å². The molecule has 0 saturated carbocycles. The van der Waals surface area contributed by atoms with Crippen molar-refractivity contribution in [1.82, 2.24) is 0 Å². The summed E-state index contributed by atoms with van der Waals surface area (Å²) in [5, 5.41) is 0. The van der Waals surface area contributed by atoms with E-state index in [0.717, 1.165) is 17.2 Å². The molecule has 118 valence electrons. The maximum atomic E-state index is 11.1. The molecule has 0 amide bonds.